The lowest BCUT2D eigenvalue weighted by molar-refractivity contribution is -0.137. The van der Waals surface area contributed by atoms with E-state index in [2.05, 4.69) is 25.8 Å². The van der Waals surface area contributed by atoms with E-state index in [-0.39, 0.29) is 16.6 Å². The first-order valence-corrected chi connectivity index (χ1v) is 10.4. The molecule has 6 nitrogen and oxygen atoms in total. The molecule has 10 heteroatoms. The number of nitrogens with one attached hydrogen (secondary N) is 3. The third-order valence-corrected chi connectivity index (χ3v) is 5.93. The molecule has 1 aliphatic carbocycles. The van der Waals surface area contributed by atoms with Gasteiger partial charge in [-0.25, -0.2) is 0 Å². The molecule has 1 amide bonds. The van der Waals surface area contributed by atoms with Crippen molar-refractivity contribution >= 4 is 34.4 Å². The molecule has 1 aromatic carbocycles. The highest BCUT2D eigenvalue weighted by atomic mass is 35.5. The van der Waals surface area contributed by atoms with Crippen molar-refractivity contribution in [3.63, 3.8) is 0 Å². The summed E-state index contributed by atoms with van der Waals surface area (Å²) in [4.78, 5) is 16.8. The maximum absolute atomic E-state index is 12.9. The zero-order chi connectivity index (χ0) is 22.0. The molecule has 31 heavy (non-hydrogen) atoms. The summed E-state index contributed by atoms with van der Waals surface area (Å²) >= 11 is 5.96. The zero-order valence-corrected chi connectivity index (χ0v) is 17.2. The number of nitrogens with zero attached hydrogens (tertiary/aromatic N) is 2. The van der Waals surface area contributed by atoms with E-state index >= 15 is 0 Å². The van der Waals surface area contributed by atoms with Gasteiger partial charge in [-0.2, -0.15) is 18.3 Å². The minimum atomic E-state index is -4.53. The Balaban J connectivity index is 1.30. The monoisotopic (exact) mass is 451 g/mol. The Bertz CT molecular complexity index is 1080. The van der Waals surface area contributed by atoms with Crippen LogP contribution in [0.4, 0.5) is 19.0 Å². The molecule has 0 aliphatic heterocycles. The van der Waals surface area contributed by atoms with Crippen LogP contribution in [0.25, 0.3) is 11.0 Å². The molecule has 3 aromatic rings. The van der Waals surface area contributed by atoms with Crippen LogP contribution < -0.4 is 10.6 Å². The number of hydrogen-bond acceptors (Lipinski definition) is 4. The molecule has 0 bridgehead atoms. The summed E-state index contributed by atoms with van der Waals surface area (Å²) < 4.78 is 38.8. The number of H-pyrrole nitrogens is 1. The maximum atomic E-state index is 12.9. The van der Waals surface area contributed by atoms with Crippen molar-refractivity contribution in [1.82, 2.24) is 20.5 Å². The lowest BCUT2D eigenvalue weighted by Gasteiger charge is -2.29. The summed E-state index contributed by atoms with van der Waals surface area (Å²) in [6.07, 6.45) is 0.435. The Morgan fingerprint density at radius 2 is 1.97 bits per heavy atom. The second-order valence-electron chi connectivity index (χ2n) is 7.74. The summed E-state index contributed by atoms with van der Waals surface area (Å²) in [7, 11) is 0. The predicted molar refractivity (Wildman–Crippen MR) is 112 cm³/mol. The number of benzene rings is 1. The first kappa shape index (κ1) is 21.4. The number of rotatable bonds is 5. The Labute approximate surface area is 181 Å². The van der Waals surface area contributed by atoms with Crippen LogP contribution >= 0.6 is 11.6 Å². The van der Waals surface area contributed by atoms with Gasteiger partial charge in [-0.3, -0.25) is 14.9 Å². The van der Waals surface area contributed by atoms with E-state index in [1.807, 2.05) is 12.1 Å². The molecular weight excluding hydrogens is 431 g/mol. The summed E-state index contributed by atoms with van der Waals surface area (Å²) in [5.74, 6) is 0.540. The third-order valence-electron chi connectivity index (χ3n) is 5.60. The van der Waals surface area contributed by atoms with Crippen molar-refractivity contribution in [3.8, 4) is 0 Å². The molecule has 0 atom stereocenters. The summed E-state index contributed by atoms with van der Waals surface area (Å²) in [5, 5.41) is 13.4. The van der Waals surface area contributed by atoms with Crippen LogP contribution in [0.5, 0.6) is 0 Å². The van der Waals surface area contributed by atoms with Gasteiger partial charge in [0.1, 0.15) is 5.52 Å². The van der Waals surface area contributed by atoms with Crippen molar-refractivity contribution < 1.29 is 18.0 Å². The van der Waals surface area contributed by atoms with Gasteiger partial charge in [0.25, 0.3) is 5.91 Å². The molecule has 0 spiro atoms. The average Bonchev–Trinajstić information content (AvgIpc) is 3.16. The minimum Gasteiger partial charge on any atom is -0.367 e. The molecule has 1 fully saturated rings. The molecule has 164 valence electrons. The highest BCUT2D eigenvalue weighted by molar-refractivity contribution is 6.33. The SMILES string of the molecule is O=C(N[C@H]1CC[C@H](CNc2n[nH]c3cccnc23)CC1)c1cc(C(F)(F)F)ccc1Cl. The molecule has 2 heterocycles. The van der Waals surface area contributed by atoms with Crippen molar-refractivity contribution in [3.05, 3.63) is 52.7 Å². The van der Waals surface area contributed by atoms with Gasteiger partial charge in [0.2, 0.25) is 0 Å². The Morgan fingerprint density at radius 1 is 1.19 bits per heavy atom. The fourth-order valence-corrected chi connectivity index (χ4v) is 4.07. The Morgan fingerprint density at radius 3 is 2.71 bits per heavy atom. The summed E-state index contributed by atoms with van der Waals surface area (Å²) in [5.41, 5.74) is 0.612. The smallest absolute Gasteiger partial charge is 0.367 e. The van der Waals surface area contributed by atoms with Gasteiger partial charge in [0.05, 0.1) is 21.7 Å². The number of amides is 1. The van der Waals surface area contributed by atoms with Crippen LogP contribution in [0.15, 0.2) is 36.5 Å². The molecule has 3 N–H and O–H groups in total. The summed E-state index contributed by atoms with van der Waals surface area (Å²) in [6.45, 7) is 0.733. The van der Waals surface area contributed by atoms with Gasteiger partial charge in [-0.1, -0.05) is 11.6 Å². The number of aromatic nitrogens is 3. The first-order chi connectivity index (χ1) is 14.8. The van der Waals surface area contributed by atoms with Crippen LogP contribution in [-0.4, -0.2) is 33.7 Å². The number of halogens is 4. The number of pyridine rings is 1. The molecule has 4 rings (SSSR count). The lowest BCUT2D eigenvalue weighted by atomic mass is 9.86. The fraction of sp³-hybridized carbons (Fsp3) is 0.381. The predicted octanol–water partition coefficient (Wildman–Crippen LogP) is 5.03. The normalized spacial score (nSPS) is 19.4. The van der Waals surface area contributed by atoms with Crippen LogP contribution in [0.1, 0.15) is 41.6 Å². The largest absolute Gasteiger partial charge is 0.416 e. The van der Waals surface area contributed by atoms with Crippen LogP contribution in [0, 0.1) is 5.92 Å². The molecule has 2 aromatic heterocycles. The molecule has 0 radical (unpaired) electrons. The number of alkyl halides is 3. The van der Waals surface area contributed by atoms with Gasteiger partial charge in [-0.05, 0) is 61.9 Å². The van der Waals surface area contributed by atoms with E-state index in [0.717, 1.165) is 61.5 Å². The van der Waals surface area contributed by atoms with Crippen LogP contribution in [0.3, 0.4) is 0 Å². The van der Waals surface area contributed by atoms with E-state index in [9.17, 15) is 18.0 Å². The van der Waals surface area contributed by atoms with Gasteiger partial charge in [-0.15, -0.1) is 0 Å². The number of carbonyl (C=O) groups is 1. The van der Waals surface area contributed by atoms with Gasteiger partial charge < -0.3 is 10.6 Å². The summed E-state index contributed by atoms with van der Waals surface area (Å²) in [6, 6.07) is 6.43. The van der Waals surface area contributed by atoms with Gasteiger partial charge in [0, 0.05) is 18.8 Å². The Hall–Kier alpha value is -2.81. The highest BCUT2D eigenvalue weighted by Crippen LogP contribution is 2.32. The van der Waals surface area contributed by atoms with E-state index in [0.29, 0.717) is 11.7 Å². The zero-order valence-electron chi connectivity index (χ0n) is 16.5. The molecule has 0 saturated heterocycles. The van der Waals surface area contributed by atoms with Crippen LogP contribution in [0.2, 0.25) is 5.02 Å². The first-order valence-electron chi connectivity index (χ1n) is 10.0. The minimum absolute atomic E-state index is 0.00299. The van der Waals surface area contributed by atoms with E-state index in [4.69, 9.17) is 11.6 Å². The number of hydrogen-bond donors (Lipinski definition) is 3. The number of carbonyl (C=O) groups excluding carboxylic acids is 1. The van der Waals surface area contributed by atoms with Crippen LogP contribution in [-0.2, 0) is 6.18 Å². The fourth-order valence-electron chi connectivity index (χ4n) is 3.87. The average molecular weight is 452 g/mol. The standard InChI is InChI=1S/C21H21ClF3N5O/c22-16-8-5-13(21(23,24)25)10-15(16)20(31)28-14-6-3-12(4-7-14)11-27-19-18-17(29-30-19)2-1-9-26-18/h1-2,5,8-10,12,14H,3-4,6-7,11H2,(H,28,31)(H2,27,29,30)/t12-,14-. The van der Waals surface area contributed by atoms with Crippen molar-refractivity contribution in [1.29, 1.82) is 0 Å². The van der Waals surface area contributed by atoms with Gasteiger partial charge >= 0.3 is 6.18 Å². The van der Waals surface area contributed by atoms with Gasteiger partial charge in [0.15, 0.2) is 5.82 Å². The maximum Gasteiger partial charge on any atom is 0.416 e. The van der Waals surface area contributed by atoms with E-state index in [1.165, 1.54) is 0 Å². The third kappa shape index (κ3) is 4.92. The van der Waals surface area contributed by atoms with E-state index in [1.54, 1.807) is 6.20 Å². The van der Waals surface area contributed by atoms with Crippen molar-refractivity contribution in [2.75, 3.05) is 11.9 Å². The highest BCUT2D eigenvalue weighted by Gasteiger charge is 2.32. The lowest BCUT2D eigenvalue weighted by Crippen LogP contribution is -2.38. The molecular formula is C21H21ClF3N5O. The molecule has 0 unspecified atom stereocenters. The number of fused-ring (bicyclic) bond motifs is 1. The Kier molecular flexibility index (Phi) is 6.04. The quantitative estimate of drug-likeness (QED) is 0.508. The second-order valence-corrected chi connectivity index (χ2v) is 8.14. The van der Waals surface area contributed by atoms with Crippen molar-refractivity contribution in [2.24, 2.45) is 5.92 Å². The number of aromatic amines is 1. The van der Waals surface area contributed by atoms with Crippen molar-refractivity contribution in [2.45, 2.75) is 37.9 Å². The number of anilines is 1. The molecule has 1 saturated carbocycles. The second kappa shape index (κ2) is 8.74. The van der Waals surface area contributed by atoms with E-state index < -0.39 is 17.6 Å². The molecule has 1 aliphatic rings. The topological polar surface area (TPSA) is 82.7 Å².